The van der Waals surface area contributed by atoms with E-state index in [0.29, 0.717) is 11.3 Å². The lowest BCUT2D eigenvalue weighted by atomic mass is 10.1. The first-order chi connectivity index (χ1) is 14.3. The molecule has 2 N–H and O–H groups in total. The van der Waals surface area contributed by atoms with Gasteiger partial charge in [0.05, 0.1) is 33.9 Å². The summed E-state index contributed by atoms with van der Waals surface area (Å²) in [6, 6.07) is 9.44. The number of aromatic nitrogens is 5. The Kier molecular flexibility index (Phi) is 4.65. The molecule has 1 aliphatic rings. The normalized spacial score (nSPS) is 18.8. The fourth-order valence-corrected chi connectivity index (χ4v) is 4.63. The zero-order chi connectivity index (χ0) is 19.6. The number of para-hydroxylation sites is 1. The van der Waals surface area contributed by atoms with E-state index in [1.807, 2.05) is 30.5 Å². The molecule has 8 nitrogen and oxygen atoms in total. The highest BCUT2D eigenvalue weighted by Gasteiger charge is 2.30. The number of nitrogens with zero attached hydrogens (tertiary/aromatic N) is 5. The van der Waals surface area contributed by atoms with Crippen LogP contribution in [0.15, 0.2) is 55.1 Å². The molecule has 0 radical (unpaired) electrons. The Morgan fingerprint density at radius 3 is 2.76 bits per heavy atom. The number of benzene rings is 1. The van der Waals surface area contributed by atoms with Crippen LogP contribution in [-0.2, 0) is 0 Å². The van der Waals surface area contributed by atoms with Gasteiger partial charge >= 0.3 is 0 Å². The molecule has 9 heteroatoms. The largest absolute Gasteiger partial charge is 0.357 e. The highest BCUT2D eigenvalue weighted by atomic mass is 32.1. The minimum atomic E-state index is -0.120. The van der Waals surface area contributed by atoms with Gasteiger partial charge in [0.1, 0.15) is 0 Å². The van der Waals surface area contributed by atoms with E-state index in [9.17, 15) is 4.79 Å². The second-order valence-corrected chi connectivity index (χ2v) is 7.99. The number of pyridine rings is 1. The first-order valence-corrected chi connectivity index (χ1v) is 10.3. The Balaban J connectivity index is 1.33. The fraction of sp³-hybridized carbons (Fsp3) is 0.250. The number of carbonyl (C=O) groups excluding carboxylic acids is 1. The number of fused-ring (bicyclic) bond motifs is 1. The van der Waals surface area contributed by atoms with Crippen molar-refractivity contribution in [1.29, 1.82) is 0 Å². The van der Waals surface area contributed by atoms with Gasteiger partial charge in [0.15, 0.2) is 5.13 Å². The van der Waals surface area contributed by atoms with Crippen LogP contribution in [0.5, 0.6) is 0 Å². The predicted octanol–water partition coefficient (Wildman–Crippen LogP) is 3.04. The number of carbonyl (C=O) groups is 1. The summed E-state index contributed by atoms with van der Waals surface area (Å²) in [5.74, 6) is -0.120. The number of anilines is 1. The van der Waals surface area contributed by atoms with Crippen molar-refractivity contribution < 1.29 is 4.79 Å². The third-order valence-corrected chi connectivity index (χ3v) is 6.05. The topological polar surface area (TPSA) is 97.6 Å². The van der Waals surface area contributed by atoms with E-state index in [2.05, 4.69) is 30.8 Å². The fourth-order valence-electron chi connectivity index (χ4n) is 3.73. The first-order valence-electron chi connectivity index (χ1n) is 9.51. The van der Waals surface area contributed by atoms with Gasteiger partial charge in [-0.05, 0) is 37.5 Å². The third-order valence-electron chi connectivity index (χ3n) is 5.12. The summed E-state index contributed by atoms with van der Waals surface area (Å²) in [5, 5.41) is 15.9. The molecule has 146 valence electrons. The molecule has 1 amide bonds. The second-order valence-electron chi connectivity index (χ2n) is 6.96. The van der Waals surface area contributed by atoms with E-state index >= 15 is 0 Å². The average molecular weight is 405 g/mol. The molecule has 3 heterocycles. The van der Waals surface area contributed by atoms with Crippen LogP contribution in [0, 0.1) is 0 Å². The molecular formula is C20H19N7OS. The minimum Gasteiger partial charge on any atom is -0.357 e. The summed E-state index contributed by atoms with van der Waals surface area (Å²) < 4.78 is 1.05. The molecule has 0 bridgehead atoms. The van der Waals surface area contributed by atoms with Crippen molar-refractivity contribution in [3.8, 4) is 5.69 Å². The number of amides is 1. The van der Waals surface area contributed by atoms with Crippen molar-refractivity contribution in [1.82, 2.24) is 30.3 Å². The third kappa shape index (κ3) is 3.56. The van der Waals surface area contributed by atoms with Crippen LogP contribution in [-0.4, -0.2) is 43.0 Å². The molecule has 1 fully saturated rings. The van der Waals surface area contributed by atoms with Crippen LogP contribution in [0.2, 0.25) is 0 Å². The van der Waals surface area contributed by atoms with Gasteiger partial charge in [-0.25, -0.2) is 4.98 Å². The quantitative estimate of drug-likeness (QED) is 0.530. The van der Waals surface area contributed by atoms with Gasteiger partial charge in [-0.1, -0.05) is 23.5 Å². The summed E-state index contributed by atoms with van der Waals surface area (Å²) in [5.41, 5.74) is 2.16. The van der Waals surface area contributed by atoms with Gasteiger partial charge in [-0.2, -0.15) is 15.0 Å². The Morgan fingerprint density at radius 1 is 1.07 bits per heavy atom. The summed E-state index contributed by atoms with van der Waals surface area (Å²) in [6.45, 7) is 0. The van der Waals surface area contributed by atoms with Crippen LogP contribution in [0.3, 0.4) is 0 Å². The molecule has 5 rings (SSSR count). The highest BCUT2D eigenvalue weighted by molar-refractivity contribution is 7.22. The van der Waals surface area contributed by atoms with Crippen LogP contribution >= 0.6 is 11.3 Å². The zero-order valence-corrected chi connectivity index (χ0v) is 16.3. The van der Waals surface area contributed by atoms with Crippen LogP contribution < -0.4 is 10.6 Å². The van der Waals surface area contributed by atoms with Gasteiger partial charge in [-0.3, -0.25) is 9.78 Å². The van der Waals surface area contributed by atoms with Gasteiger partial charge in [0, 0.05) is 24.5 Å². The Hall–Kier alpha value is -3.33. The number of hydrogen-bond acceptors (Lipinski definition) is 7. The van der Waals surface area contributed by atoms with E-state index in [1.165, 1.54) is 4.80 Å². The van der Waals surface area contributed by atoms with Crippen molar-refractivity contribution in [2.45, 2.75) is 31.3 Å². The van der Waals surface area contributed by atoms with E-state index in [4.69, 9.17) is 0 Å². The molecule has 2 unspecified atom stereocenters. The summed E-state index contributed by atoms with van der Waals surface area (Å²) in [7, 11) is 0. The predicted molar refractivity (Wildman–Crippen MR) is 111 cm³/mol. The zero-order valence-electron chi connectivity index (χ0n) is 15.5. The highest BCUT2D eigenvalue weighted by Crippen LogP contribution is 2.29. The molecule has 1 saturated carbocycles. The number of rotatable bonds is 5. The van der Waals surface area contributed by atoms with Gasteiger partial charge in [0.2, 0.25) is 0 Å². The lowest BCUT2D eigenvalue weighted by Crippen LogP contribution is -2.43. The minimum absolute atomic E-state index is 0.0336. The van der Waals surface area contributed by atoms with Crippen LogP contribution in [0.25, 0.3) is 15.9 Å². The number of thiazole rings is 1. The molecule has 2 atom stereocenters. The second kappa shape index (κ2) is 7.59. The smallest absolute Gasteiger partial charge is 0.253 e. The molecular weight excluding hydrogens is 386 g/mol. The monoisotopic (exact) mass is 405 g/mol. The van der Waals surface area contributed by atoms with E-state index in [-0.39, 0.29) is 18.0 Å². The maximum atomic E-state index is 13.0. The van der Waals surface area contributed by atoms with Gasteiger partial charge in [-0.15, -0.1) is 0 Å². The molecule has 29 heavy (non-hydrogen) atoms. The Bertz CT molecular complexity index is 1110. The average Bonchev–Trinajstić information content (AvgIpc) is 3.49. The Morgan fingerprint density at radius 2 is 1.90 bits per heavy atom. The molecule has 4 aromatic rings. The number of nitrogens with one attached hydrogen (secondary N) is 2. The molecule has 3 aromatic heterocycles. The Labute approximate surface area is 171 Å². The van der Waals surface area contributed by atoms with Crippen LogP contribution in [0.4, 0.5) is 5.13 Å². The van der Waals surface area contributed by atoms with E-state index in [1.54, 1.807) is 36.0 Å². The standard InChI is InChI=1S/C20H19N7OS/c28-19(13-4-1-2-7-17(13)27-22-10-11-23-27)24-14-5-3-6-15(14)25-20-26-16-8-9-21-12-18(16)29-20/h1-2,4,7-12,14-15H,3,5-6H2,(H,24,28)(H,25,26). The lowest BCUT2D eigenvalue weighted by molar-refractivity contribution is 0.0935. The van der Waals surface area contributed by atoms with Crippen molar-refractivity contribution in [3.63, 3.8) is 0 Å². The summed E-state index contributed by atoms with van der Waals surface area (Å²) in [4.78, 5) is 23.3. The number of hydrogen-bond donors (Lipinski definition) is 2. The van der Waals surface area contributed by atoms with Crippen molar-refractivity contribution in [2.75, 3.05) is 5.32 Å². The summed E-state index contributed by atoms with van der Waals surface area (Å²) >= 11 is 1.58. The maximum absolute atomic E-state index is 13.0. The maximum Gasteiger partial charge on any atom is 0.253 e. The summed E-state index contributed by atoms with van der Waals surface area (Å²) in [6.07, 6.45) is 9.73. The van der Waals surface area contributed by atoms with Crippen molar-refractivity contribution >= 4 is 32.6 Å². The molecule has 0 spiro atoms. The van der Waals surface area contributed by atoms with Crippen LogP contribution in [0.1, 0.15) is 29.6 Å². The molecule has 1 aliphatic carbocycles. The lowest BCUT2D eigenvalue weighted by Gasteiger charge is -2.22. The van der Waals surface area contributed by atoms with E-state index < -0.39 is 0 Å². The first kappa shape index (κ1) is 17.7. The molecule has 0 aliphatic heterocycles. The molecule has 0 saturated heterocycles. The molecule has 1 aromatic carbocycles. The SMILES string of the molecule is O=C(NC1CCCC1Nc1nc2ccncc2s1)c1ccccc1-n1nccn1. The van der Waals surface area contributed by atoms with Gasteiger partial charge in [0.25, 0.3) is 5.91 Å². The van der Waals surface area contributed by atoms with Gasteiger partial charge < -0.3 is 10.6 Å². The van der Waals surface area contributed by atoms with Crippen molar-refractivity contribution in [3.05, 3.63) is 60.7 Å². The van der Waals surface area contributed by atoms with Crippen molar-refractivity contribution in [2.24, 2.45) is 0 Å². The van der Waals surface area contributed by atoms with E-state index in [0.717, 1.165) is 34.6 Å².